The lowest BCUT2D eigenvalue weighted by atomic mass is 10.0. The molecule has 1 aromatic heterocycles. The summed E-state index contributed by atoms with van der Waals surface area (Å²) < 4.78 is 12.7. The fourth-order valence-electron chi connectivity index (χ4n) is 3.67. The minimum Gasteiger partial charge on any atom is -0.497 e. The Morgan fingerprint density at radius 2 is 1.84 bits per heavy atom. The molecular formula is C22H35IN6O2. The molecule has 1 saturated heterocycles. The molecule has 2 heterocycles. The van der Waals surface area contributed by atoms with Crippen LogP contribution in [-0.2, 0) is 13.5 Å². The number of anilines is 1. The van der Waals surface area contributed by atoms with Crippen LogP contribution >= 0.6 is 24.0 Å². The van der Waals surface area contributed by atoms with Gasteiger partial charge >= 0.3 is 0 Å². The lowest BCUT2D eigenvalue weighted by Crippen LogP contribution is -2.48. The number of hydrogen-bond acceptors (Lipinski definition) is 5. The molecule has 0 atom stereocenters. The van der Waals surface area contributed by atoms with Gasteiger partial charge in [-0.05, 0) is 31.7 Å². The lowest BCUT2D eigenvalue weighted by Gasteiger charge is -2.34. The summed E-state index contributed by atoms with van der Waals surface area (Å²) in [5.74, 6) is 2.53. The topological polar surface area (TPSA) is 75.9 Å². The van der Waals surface area contributed by atoms with Gasteiger partial charge in [0.15, 0.2) is 5.96 Å². The predicted molar refractivity (Wildman–Crippen MR) is 136 cm³/mol. The van der Waals surface area contributed by atoms with Crippen molar-refractivity contribution >= 4 is 35.6 Å². The smallest absolute Gasteiger partial charge is 0.191 e. The van der Waals surface area contributed by atoms with Gasteiger partial charge in [-0.2, -0.15) is 5.10 Å². The second-order valence-corrected chi connectivity index (χ2v) is 7.51. The van der Waals surface area contributed by atoms with Gasteiger partial charge in [-0.15, -0.1) is 24.0 Å². The van der Waals surface area contributed by atoms with E-state index in [1.54, 1.807) is 14.2 Å². The molecule has 1 aliphatic heterocycles. The average Bonchev–Trinajstić information content (AvgIpc) is 3.19. The van der Waals surface area contributed by atoms with Crippen LogP contribution in [0.4, 0.5) is 5.69 Å². The van der Waals surface area contributed by atoms with E-state index in [0.717, 1.165) is 68.6 Å². The monoisotopic (exact) mass is 542 g/mol. The molecule has 2 N–H and O–H groups in total. The fraction of sp³-hybridized carbons (Fsp3) is 0.545. The zero-order chi connectivity index (χ0) is 21.3. The number of guanidine groups is 1. The molecule has 0 saturated carbocycles. The van der Waals surface area contributed by atoms with Gasteiger partial charge in [0.1, 0.15) is 11.5 Å². The van der Waals surface area contributed by atoms with E-state index in [4.69, 9.17) is 14.5 Å². The third-order valence-corrected chi connectivity index (χ3v) is 5.31. The van der Waals surface area contributed by atoms with Gasteiger partial charge in [0.2, 0.25) is 0 Å². The number of aromatic nitrogens is 2. The van der Waals surface area contributed by atoms with Crippen LogP contribution < -0.4 is 25.0 Å². The molecule has 3 rings (SSSR count). The van der Waals surface area contributed by atoms with E-state index in [-0.39, 0.29) is 24.0 Å². The summed E-state index contributed by atoms with van der Waals surface area (Å²) in [5.41, 5.74) is 2.35. The van der Waals surface area contributed by atoms with Crippen molar-refractivity contribution in [2.75, 3.05) is 45.3 Å². The molecule has 0 aliphatic carbocycles. The molecule has 0 spiro atoms. The Balaban J connectivity index is 0.00000341. The largest absolute Gasteiger partial charge is 0.497 e. The Hall–Kier alpha value is -2.17. The SMILES string of the molecule is CCNC(=NCCc1cnn(C)c1)NC1CCN(c2cc(OC)cc(OC)c2)CC1.I. The molecule has 8 nitrogen and oxygen atoms in total. The summed E-state index contributed by atoms with van der Waals surface area (Å²) >= 11 is 0. The summed E-state index contributed by atoms with van der Waals surface area (Å²) in [6, 6.07) is 6.45. The molecule has 31 heavy (non-hydrogen) atoms. The van der Waals surface area contributed by atoms with Crippen LogP contribution in [0.25, 0.3) is 0 Å². The van der Waals surface area contributed by atoms with Gasteiger partial charge in [-0.25, -0.2) is 0 Å². The van der Waals surface area contributed by atoms with Gasteiger partial charge < -0.3 is 25.0 Å². The van der Waals surface area contributed by atoms with Gasteiger partial charge in [0.05, 0.1) is 20.4 Å². The quantitative estimate of drug-likeness (QED) is 0.304. The predicted octanol–water partition coefficient (Wildman–Crippen LogP) is 2.82. The molecule has 2 aromatic rings. The third kappa shape index (κ3) is 7.48. The highest BCUT2D eigenvalue weighted by molar-refractivity contribution is 14.0. The Morgan fingerprint density at radius 3 is 2.39 bits per heavy atom. The lowest BCUT2D eigenvalue weighted by molar-refractivity contribution is 0.393. The maximum absolute atomic E-state index is 5.41. The number of halogens is 1. The van der Waals surface area contributed by atoms with Crippen LogP contribution in [0.3, 0.4) is 0 Å². The van der Waals surface area contributed by atoms with E-state index in [2.05, 4.69) is 39.7 Å². The van der Waals surface area contributed by atoms with Crippen molar-refractivity contribution in [1.29, 1.82) is 0 Å². The van der Waals surface area contributed by atoms with E-state index in [9.17, 15) is 0 Å². The Kier molecular flexibility index (Phi) is 10.2. The number of aryl methyl sites for hydroxylation is 1. The second kappa shape index (κ2) is 12.6. The molecule has 172 valence electrons. The van der Waals surface area contributed by atoms with Crippen molar-refractivity contribution in [3.63, 3.8) is 0 Å². The minimum atomic E-state index is 0. The number of piperidine rings is 1. The zero-order valence-corrected chi connectivity index (χ0v) is 21.3. The van der Waals surface area contributed by atoms with E-state index in [1.807, 2.05) is 30.2 Å². The summed E-state index contributed by atoms with van der Waals surface area (Å²) in [6.45, 7) is 5.63. The Bertz CT molecular complexity index is 811. The molecular weight excluding hydrogens is 507 g/mol. The number of benzene rings is 1. The van der Waals surface area contributed by atoms with Crippen molar-refractivity contribution in [3.8, 4) is 11.5 Å². The molecule has 1 aromatic carbocycles. The van der Waals surface area contributed by atoms with Crippen LogP contribution in [0, 0.1) is 0 Å². The molecule has 1 fully saturated rings. The van der Waals surface area contributed by atoms with Crippen molar-refractivity contribution in [3.05, 3.63) is 36.2 Å². The first kappa shape index (κ1) is 25.1. The second-order valence-electron chi connectivity index (χ2n) is 7.51. The number of methoxy groups -OCH3 is 2. The van der Waals surface area contributed by atoms with Crippen LogP contribution in [-0.4, -0.2) is 62.2 Å². The summed E-state index contributed by atoms with van der Waals surface area (Å²) in [6.07, 6.45) is 6.93. The highest BCUT2D eigenvalue weighted by Gasteiger charge is 2.21. The van der Waals surface area contributed by atoms with Gasteiger partial charge in [-0.1, -0.05) is 0 Å². The number of hydrogen-bond donors (Lipinski definition) is 2. The van der Waals surface area contributed by atoms with Crippen molar-refractivity contribution in [2.45, 2.75) is 32.2 Å². The standard InChI is InChI=1S/C22H34N6O2.HI/c1-5-23-22(24-9-6-17-15-25-27(2)16-17)26-18-7-10-28(11-8-18)19-12-20(29-3)14-21(13-19)30-4;/h12-16,18H,5-11H2,1-4H3,(H2,23,24,26);1H. The van der Waals surface area contributed by atoms with Crippen LogP contribution in [0.1, 0.15) is 25.3 Å². The average molecular weight is 542 g/mol. The Labute approximate surface area is 202 Å². The van der Waals surface area contributed by atoms with E-state index < -0.39 is 0 Å². The summed E-state index contributed by atoms with van der Waals surface area (Å²) in [4.78, 5) is 7.13. The van der Waals surface area contributed by atoms with Crippen molar-refractivity contribution < 1.29 is 9.47 Å². The van der Waals surface area contributed by atoms with Crippen LogP contribution in [0.15, 0.2) is 35.6 Å². The maximum atomic E-state index is 5.41. The zero-order valence-electron chi connectivity index (χ0n) is 18.9. The Morgan fingerprint density at radius 1 is 1.16 bits per heavy atom. The molecule has 0 unspecified atom stereocenters. The first-order valence-electron chi connectivity index (χ1n) is 10.6. The summed E-state index contributed by atoms with van der Waals surface area (Å²) in [5, 5.41) is 11.2. The molecule has 1 aliphatic rings. The normalized spacial score (nSPS) is 14.7. The number of rotatable bonds is 8. The van der Waals surface area contributed by atoms with Crippen LogP contribution in [0.5, 0.6) is 11.5 Å². The van der Waals surface area contributed by atoms with E-state index in [1.165, 1.54) is 5.56 Å². The van der Waals surface area contributed by atoms with Crippen molar-refractivity contribution in [1.82, 2.24) is 20.4 Å². The summed E-state index contributed by atoms with van der Waals surface area (Å²) in [7, 11) is 5.31. The number of nitrogens with zero attached hydrogens (tertiary/aromatic N) is 4. The maximum Gasteiger partial charge on any atom is 0.191 e. The fourth-order valence-corrected chi connectivity index (χ4v) is 3.67. The van der Waals surface area contributed by atoms with Crippen molar-refractivity contribution in [2.24, 2.45) is 12.0 Å². The molecule has 0 bridgehead atoms. The number of aliphatic imine (C=N–C) groups is 1. The molecule has 0 amide bonds. The first-order chi connectivity index (χ1) is 14.6. The van der Waals surface area contributed by atoms with Gasteiger partial charge in [0, 0.05) is 69.4 Å². The van der Waals surface area contributed by atoms with Gasteiger partial charge in [-0.3, -0.25) is 9.67 Å². The number of nitrogens with one attached hydrogen (secondary N) is 2. The molecule has 0 radical (unpaired) electrons. The number of ether oxygens (including phenoxy) is 2. The van der Waals surface area contributed by atoms with Gasteiger partial charge in [0.25, 0.3) is 0 Å². The highest BCUT2D eigenvalue weighted by atomic mass is 127. The minimum absolute atomic E-state index is 0. The molecule has 9 heteroatoms. The van der Waals surface area contributed by atoms with Crippen LogP contribution in [0.2, 0.25) is 0 Å². The highest BCUT2D eigenvalue weighted by Crippen LogP contribution is 2.30. The van der Waals surface area contributed by atoms with E-state index >= 15 is 0 Å². The first-order valence-corrected chi connectivity index (χ1v) is 10.6. The van der Waals surface area contributed by atoms with E-state index in [0.29, 0.717) is 6.04 Å². The third-order valence-electron chi connectivity index (χ3n) is 5.31.